The average Bonchev–Trinajstić information content (AvgIpc) is 2.46. The van der Waals surface area contributed by atoms with Gasteiger partial charge in [-0.3, -0.25) is 0 Å². The van der Waals surface area contributed by atoms with E-state index in [1.165, 1.54) is 11.3 Å². The lowest BCUT2D eigenvalue weighted by atomic mass is 9.94. The van der Waals surface area contributed by atoms with Crippen molar-refractivity contribution in [1.29, 1.82) is 0 Å². The molecule has 0 saturated carbocycles. The molecule has 0 bridgehead atoms. The van der Waals surface area contributed by atoms with Gasteiger partial charge in [0.05, 0.1) is 5.60 Å². The maximum Gasteiger partial charge on any atom is 0.183 e. The van der Waals surface area contributed by atoms with Crippen LogP contribution >= 0.6 is 27.3 Å². The van der Waals surface area contributed by atoms with Gasteiger partial charge in [-0.05, 0) is 35.2 Å². The van der Waals surface area contributed by atoms with E-state index in [4.69, 9.17) is 0 Å². The minimum Gasteiger partial charge on any atom is -0.388 e. The molecule has 0 saturated heterocycles. The molecule has 1 atom stereocenters. The third-order valence-corrected chi connectivity index (χ3v) is 3.45. The van der Waals surface area contributed by atoms with E-state index in [-0.39, 0.29) is 0 Å². The summed E-state index contributed by atoms with van der Waals surface area (Å²) < 4.78 is 0.832. The molecule has 0 fully saturated rings. The van der Waals surface area contributed by atoms with Gasteiger partial charge in [0, 0.05) is 11.9 Å². The van der Waals surface area contributed by atoms with E-state index in [9.17, 15) is 5.11 Å². The van der Waals surface area contributed by atoms with Crippen molar-refractivity contribution in [3.63, 3.8) is 0 Å². The zero-order valence-electron chi connectivity index (χ0n) is 9.25. The van der Waals surface area contributed by atoms with Crippen LogP contribution in [0.5, 0.6) is 0 Å². The average molecular weight is 293 g/mol. The van der Waals surface area contributed by atoms with Gasteiger partial charge in [0.15, 0.2) is 5.13 Å². The normalized spacial score (nSPS) is 15.3. The smallest absolute Gasteiger partial charge is 0.183 e. The van der Waals surface area contributed by atoms with Crippen LogP contribution in [-0.4, -0.2) is 22.2 Å². The topological polar surface area (TPSA) is 45.1 Å². The number of hydrogen-bond acceptors (Lipinski definition) is 4. The van der Waals surface area contributed by atoms with Crippen molar-refractivity contribution in [2.24, 2.45) is 5.92 Å². The Kier molecular flexibility index (Phi) is 4.55. The summed E-state index contributed by atoms with van der Waals surface area (Å²) in [6.07, 6.45) is 0.784. The number of nitrogens with zero attached hydrogens (tertiary/aromatic N) is 1. The van der Waals surface area contributed by atoms with E-state index in [1.807, 2.05) is 12.3 Å². The molecule has 0 aliphatic carbocycles. The molecule has 1 aromatic heterocycles. The molecule has 3 nitrogen and oxygen atoms in total. The van der Waals surface area contributed by atoms with Crippen LogP contribution in [0.4, 0.5) is 5.13 Å². The van der Waals surface area contributed by atoms with Gasteiger partial charge in [-0.15, -0.1) is 11.3 Å². The number of thiazole rings is 1. The standard InChI is InChI=1S/C10H17BrN2OS/c1-7(2)4-10(3,14)6-12-9-13-8(11)5-15-9/h5,7,14H,4,6H2,1-3H3,(H,12,13). The Bertz CT molecular complexity index is 312. The minimum atomic E-state index is -0.674. The van der Waals surface area contributed by atoms with Gasteiger partial charge >= 0.3 is 0 Å². The van der Waals surface area contributed by atoms with Gasteiger partial charge in [0.2, 0.25) is 0 Å². The highest BCUT2D eigenvalue weighted by atomic mass is 79.9. The van der Waals surface area contributed by atoms with Crippen LogP contribution in [0, 0.1) is 5.92 Å². The van der Waals surface area contributed by atoms with Crippen molar-refractivity contribution < 1.29 is 5.11 Å². The second-order valence-corrected chi connectivity index (χ2v) is 6.09. The molecule has 0 aliphatic heterocycles. The molecule has 0 spiro atoms. The number of aromatic nitrogens is 1. The first-order chi connectivity index (χ1) is 6.89. The van der Waals surface area contributed by atoms with E-state index in [1.54, 1.807) is 0 Å². The predicted molar refractivity (Wildman–Crippen MR) is 68.4 cm³/mol. The Balaban J connectivity index is 2.42. The maximum atomic E-state index is 10.1. The minimum absolute atomic E-state index is 0.491. The summed E-state index contributed by atoms with van der Waals surface area (Å²) >= 11 is 4.82. The van der Waals surface area contributed by atoms with E-state index in [2.05, 4.69) is 40.1 Å². The highest BCUT2D eigenvalue weighted by Crippen LogP contribution is 2.22. The van der Waals surface area contributed by atoms with Crippen molar-refractivity contribution >= 4 is 32.4 Å². The zero-order valence-corrected chi connectivity index (χ0v) is 11.7. The fourth-order valence-electron chi connectivity index (χ4n) is 1.55. The molecule has 1 heterocycles. The van der Waals surface area contributed by atoms with E-state index >= 15 is 0 Å². The van der Waals surface area contributed by atoms with Gasteiger partial charge in [0.1, 0.15) is 4.60 Å². The van der Waals surface area contributed by atoms with Crippen LogP contribution in [0.1, 0.15) is 27.2 Å². The highest BCUT2D eigenvalue weighted by molar-refractivity contribution is 9.10. The van der Waals surface area contributed by atoms with Crippen LogP contribution in [0.15, 0.2) is 9.98 Å². The van der Waals surface area contributed by atoms with Crippen LogP contribution in [-0.2, 0) is 0 Å². The summed E-state index contributed by atoms with van der Waals surface area (Å²) in [6.45, 7) is 6.59. The Hall–Kier alpha value is -0.130. The molecule has 0 aliphatic rings. The molecule has 0 aromatic carbocycles. The number of aliphatic hydroxyl groups is 1. The summed E-state index contributed by atoms with van der Waals surface area (Å²) in [5, 5.41) is 15.9. The Labute approximate surface area is 103 Å². The van der Waals surface area contributed by atoms with Gasteiger partial charge in [-0.2, -0.15) is 0 Å². The van der Waals surface area contributed by atoms with Gasteiger partial charge in [-0.25, -0.2) is 4.98 Å². The Morgan fingerprint density at radius 3 is 2.80 bits per heavy atom. The first kappa shape index (κ1) is 12.9. The van der Waals surface area contributed by atoms with Gasteiger partial charge in [-0.1, -0.05) is 13.8 Å². The lowest BCUT2D eigenvalue weighted by Gasteiger charge is -2.25. The summed E-state index contributed by atoms with van der Waals surface area (Å²) in [7, 11) is 0. The lowest BCUT2D eigenvalue weighted by molar-refractivity contribution is 0.0515. The van der Waals surface area contributed by atoms with Crippen LogP contribution in [0.2, 0.25) is 0 Å². The van der Waals surface area contributed by atoms with Crippen molar-refractivity contribution in [2.45, 2.75) is 32.8 Å². The molecule has 86 valence electrons. The molecule has 15 heavy (non-hydrogen) atoms. The number of hydrogen-bond donors (Lipinski definition) is 2. The largest absolute Gasteiger partial charge is 0.388 e. The molecule has 0 amide bonds. The molecule has 2 N–H and O–H groups in total. The van der Waals surface area contributed by atoms with Gasteiger partial charge < -0.3 is 10.4 Å². The summed E-state index contributed by atoms with van der Waals surface area (Å²) in [5.74, 6) is 0.491. The van der Waals surface area contributed by atoms with E-state index in [0.29, 0.717) is 12.5 Å². The lowest BCUT2D eigenvalue weighted by Crippen LogP contribution is -2.34. The number of anilines is 1. The van der Waals surface area contributed by atoms with Crippen LogP contribution in [0.25, 0.3) is 0 Å². The van der Waals surface area contributed by atoms with Crippen molar-refractivity contribution in [1.82, 2.24) is 4.98 Å². The fourth-order valence-corrected chi connectivity index (χ4v) is 2.70. The molecule has 1 unspecified atom stereocenters. The zero-order chi connectivity index (χ0) is 11.5. The Morgan fingerprint density at radius 1 is 1.67 bits per heavy atom. The molecule has 1 aromatic rings. The number of halogens is 1. The summed E-state index contributed by atoms with van der Waals surface area (Å²) in [6, 6.07) is 0. The summed E-state index contributed by atoms with van der Waals surface area (Å²) in [4.78, 5) is 4.21. The van der Waals surface area contributed by atoms with Crippen LogP contribution in [0.3, 0.4) is 0 Å². The Morgan fingerprint density at radius 2 is 2.33 bits per heavy atom. The van der Waals surface area contributed by atoms with Crippen molar-refractivity contribution in [3.8, 4) is 0 Å². The molecule has 5 heteroatoms. The monoisotopic (exact) mass is 292 g/mol. The highest BCUT2D eigenvalue weighted by Gasteiger charge is 2.21. The molecule has 0 radical (unpaired) electrons. The maximum absolute atomic E-state index is 10.1. The first-order valence-electron chi connectivity index (χ1n) is 4.96. The van der Waals surface area contributed by atoms with E-state index in [0.717, 1.165) is 16.2 Å². The van der Waals surface area contributed by atoms with Crippen molar-refractivity contribution in [2.75, 3.05) is 11.9 Å². The SMILES string of the molecule is CC(C)CC(C)(O)CNc1nc(Br)cs1. The number of nitrogens with one attached hydrogen (secondary N) is 1. The first-order valence-corrected chi connectivity index (χ1v) is 6.63. The predicted octanol–water partition coefficient (Wildman–Crippen LogP) is 3.11. The molecular weight excluding hydrogens is 276 g/mol. The van der Waals surface area contributed by atoms with Gasteiger partial charge in [0.25, 0.3) is 0 Å². The van der Waals surface area contributed by atoms with Crippen LogP contribution < -0.4 is 5.32 Å². The number of rotatable bonds is 5. The van der Waals surface area contributed by atoms with E-state index < -0.39 is 5.60 Å². The fraction of sp³-hybridized carbons (Fsp3) is 0.700. The molecule has 1 rings (SSSR count). The van der Waals surface area contributed by atoms with Crippen molar-refractivity contribution in [3.05, 3.63) is 9.98 Å². The third kappa shape index (κ3) is 4.95. The summed E-state index contributed by atoms with van der Waals surface area (Å²) in [5.41, 5.74) is -0.674. The second-order valence-electron chi connectivity index (χ2n) is 4.42. The quantitative estimate of drug-likeness (QED) is 0.876. The third-order valence-electron chi connectivity index (χ3n) is 1.94. The second kappa shape index (κ2) is 5.27. The molecular formula is C10H17BrN2OS.